The molecule has 0 heterocycles. The number of alkyl halides is 3. The van der Waals surface area contributed by atoms with Gasteiger partial charge in [0.15, 0.2) is 0 Å². The van der Waals surface area contributed by atoms with Crippen molar-refractivity contribution in [2.75, 3.05) is 0 Å². The number of hydrogen-bond donors (Lipinski definition) is 2. The molecular formula is C28H28F3NO4. The van der Waals surface area contributed by atoms with Gasteiger partial charge < -0.3 is 15.2 Å². The number of ether oxygens (including phenoxy) is 1. The molecule has 0 aromatic heterocycles. The molecule has 1 saturated carbocycles. The quantitative estimate of drug-likeness (QED) is 0.389. The lowest BCUT2D eigenvalue weighted by Crippen LogP contribution is -2.50. The van der Waals surface area contributed by atoms with E-state index in [1.54, 1.807) is 12.1 Å². The van der Waals surface area contributed by atoms with Crippen LogP contribution < -0.4 is 10.1 Å². The molecule has 2 N–H and O–H groups in total. The predicted molar refractivity (Wildman–Crippen MR) is 130 cm³/mol. The Kier molecular flexibility index (Phi) is 6.98. The maximum absolute atomic E-state index is 13.4. The summed E-state index contributed by atoms with van der Waals surface area (Å²) in [7, 11) is 0. The van der Waals surface area contributed by atoms with Crippen LogP contribution in [0.1, 0.15) is 59.7 Å². The van der Waals surface area contributed by atoms with Crippen molar-refractivity contribution in [1.29, 1.82) is 0 Å². The van der Waals surface area contributed by atoms with Gasteiger partial charge in [0.25, 0.3) is 5.91 Å². The highest BCUT2D eigenvalue weighted by Crippen LogP contribution is 2.41. The van der Waals surface area contributed by atoms with E-state index in [4.69, 9.17) is 4.74 Å². The second kappa shape index (κ2) is 9.84. The molecule has 0 spiro atoms. The lowest BCUT2D eigenvalue weighted by Gasteiger charge is -2.31. The molecule has 0 saturated heterocycles. The summed E-state index contributed by atoms with van der Waals surface area (Å²) in [5.41, 5.74) is 0.304. The summed E-state index contributed by atoms with van der Waals surface area (Å²) in [6.45, 7) is 3.71. The summed E-state index contributed by atoms with van der Waals surface area (Å²) >= 11 is 0. The van der Waals surface area contributed by atoms with E-state index >= 15 is 0 Å². The first-order chi connectivity index (χ1) is 17.0. The largest absolute Gasteiger partial charge is 0.487 e. The van der Waals surface area contributed by atoms with Gasteiger partial charge in [-0.1, -0.05) is 55.7 Å². The SMILES string of the molecule is Cc1ccc2ccc(C(=O)N[C@H](C(=O)O)C3(C)CCCC3)c(OCc3ccc(C(F)(F)F)cc3)c2c1. The first-order valence-corrected chi connectivity index (χ1v) is 11.8. The van der Waals surface area contributed by atoms with E-state index in [1.807, 2.05) is 32.0 Å². The van der Waals surface area contributed by atoms with Crippen LogP contribution >= 0.6 is 0 Å². The molecule has 1 fully saturated rings. The van der Waals surface area contributed by atoms with Gasteiger partial charge in [-0.3, -0.25) is 4.79 Å². The summed E-state index contributed by atoms with van der Waals surface area (Å²) in [4.78, 5) is 25.5. The highest BCUT2D eigenvalue weighted by molar-refractivity contribution is 6.05. The number of aliphatic carboxylic acids is 1. The van der Waals surface area contributed by atoms with Crippen LogP contribution in [0, 0.1) is 12.3 Å². The third-order valence-corrected chi connectivity index (χ3v) is 7.00. The lowest BCUT2D eigenvalue weighted by atomic mass is 9.80. The third-order valence-electron chi connectivity index (χ3n) is 7.00. The Labute approximate surface area is 207 Å². The minimum atomic E-state index is -4.44. The number of hydrogen-bond acceptors (Lipinski definition) is 3. The topological polar surface area (TPSA) is 75.6 Å². The molecule has 4 rings (SSSR count). The Balaban J connectivity index is 1.66. The van der Waals surface area contributed by atoms with Gasteiger partial charge in [0, 0.05) is 5.39 Å². The maximum atomic E-state index is 13.4. The van der Waals surface area contributed by atoms with Crippen molar-refractivity contribution in [1.82, 2.24) is 5.32 Å². The van der Waals surface area contributed by atoms with Crippen LogP contribution in [0.3, 0.4) is 0 Å². The monoisotopic (exact) mass is 499 g/mol. The molecular weight excluding hydrogens is 471 g/mol. The normalized spacial score (nSPS) is 16.0. The van der Waals surface area contributed by atoms with Gasteiger partial charge in [0.1, 0.15) is 18.4 Å². The number of carboxylic acid groups (broad SMARTS) is 1. The van der Waals surface area contributed by atoms with Crippen LogP contribution in [0.2, 0.25) is 0 Å². The van der Waals surface area contributed by atoms with Crippen LogP contribution in [0.4, 0.5) is 13.2 Å². The van der Waals surface area contributed by atoms with Gasteiger partial charge >= 0.3 is 12.1 Å². The Morgan fingerprint density at radius 1 is 1.06 bits per heavy atom. The number of benzene rings is 3. The number of amides is 1. The van der Waals surface area contributed by atoms with Crippen molar-refractivity contribution in [3.8, 4) is 5.75 Å². The average molecular weight is 500 g/mol. The van der Waals surface area contributed by atoms with Crippen molar-refractivity contribution in [2.45, 2.75) is 58.4 Å². The van der Waals surface area contributed by atoms with Gasteiger partial charge in [0.05, 0.1) is 11.1 Å². The third kappa shape index (κ3) is 5.32. The van der Waals surface area contributed by atoms with Crippen LogP contribution in [0.15, 0.2) is 54.6 Å². The molecule has 36 heavy (non-hydrogen) atoms. The molecule has 5 nitrogen and oxygen atoms in total. The number of fused-ring (bicyclic) bond motifs is 1. The van der Waals surface area contributed by atoms with Gasteiger partial charge in [-0.05, 0) is 60.4 Å². The molecule has 0 bridgehead atoms. The molecule has 1 aliphatic carbocycles. The number of nitrogens with one attached hydrogen (secondary N) is 1. The van der Waals surface area contributed by atoms with Gasteiger partial charge in [0.2, 0.25) is 0 Å². The smallest absolute Gasteiger partial charge is 0.416 e. The van der Waals surface area contributed by atoms with Crippen LogP contribution in [-0.2, 0) is 17.6 Å². The Morgan fingerprint density at radius 2 is 1.69 bits per heavy atom. The van der Waals surface area contributed by atoms with Gasteiger partial charge in [-0.2, -0.15) is 13.2 Å². The second-order valence-electron chi connectivity index (χ2n) is 9.76. The molecule has 0 radical (unpaired) electrons. The fourth-order valence-corrected chi connectivity index (χ4v) is 4.90. The Hall–Kier alpha value is -3.55. The minimum absolute atomic E-state index is 0.0639. The zero-order chi connectivity index (χ0) is 26.1. The van der Waals surface area contributed by atoms with E-state index in [2.05, 4.69) is 5.32 Å². The molecule has 0 aliphatic heterocycles. The van der Waals surface area contributed by atoms with Crippen molar-refractivity contribution < 1.29 is 32.6 Å². The number of halogens is 3. The number of carbonyl (C=O) groups excluding carboxylic acids is 1. The Morgan fingerprint density at radius 3 is 2.31 bits per heavy atom. The highest BCUT2D eigenvalue weighted by Gasteiger charge is 2.42. The summed E-state index contributed by atoms with van der Waals surface area (Å²) in [6.07, 6.45) is -1.20. The van der Waals surface area contributed by atoms with Crippen LogP contribution in [-0.4, -0.2) is 23.0 Å². The average Bonchev–Trinajstić information content (AvgIpc) is 3.27. The molecule has 1 amide bonds. The van der Waals surface area contributed by atoms with E-state index in [0.29, 0.717) is 23.8 Å². The van der Waals surface area contributed by atoms with Gasteiger partial charge in [-0.15, -0.1) is 0 Å². The number of carboxylic acids is 1. The van der Waals surface area contributed by atoms with Crippen molar-refractivity contribution in [2.24, 2.45) is 5.41 Å². The van der Waals surface area contributed by atoms with E-state index in [-0.39, 0.29) is 17.9 Å². The summed E-state index contributed by atoms with van der Waals surface area (Å²) < 4.78 is 44.8. The fourth-order valence-electron chi connectivity index (χ4n) is 4.90. The van der Waals surface area contributed by atoms with Gasteiger partial charge in [-0.25, -0.2) is 4.79 Å². The van der Waals surface area contributed by atoms with Crippen LogP contribution in [0.5, 0.6) is 5.75 Å². The van der Waals surface area contributed by atoms with Crippen molar-refractivity contribution >= 4 is 22.6 Å². The number of aryl methyl sites for hydroxylation is 1. The zero-order valence-electron chi connectivity index (χ0n) is 20.1. The van der Waals surface area contributed by atoms with Crippen LogP contribution in [0.25, 0.3) is 10.8 Å². The summed E-state index contributed by atoms with van der Waals surface area (Å²) in [5.74, 6) is -1.40. The number of carbonyl (C=O) groups is 2. The molecule has 0 unspecified atom stereocenters. The summed E-state index contributed by atoms with van der Waals surface area (Å²) in [6, 6.07) is 12.6. The molecule has 1 aliphatic rings. The summed E-state index contributed by atoms with van der Waals surface area (Å²) in [5, 5.41) is 14.1. The number of rotatable bonds is 7. The van der Waals surface area contributed by atoms with E-state index in [1.165, 1.54) is 12.1 Å². The first kappa shape index (κ1) is 25.5. The van der Waals surface area contributed by atoms with E-state index in [9.17, 15) is 27.9 Å². The van der Waals surface area contributed by atoms with Crippen molar-refractivity contribution in [3.05, 3.63) is 76.9 Å². The maximum Gasteiger partial charge on any atom is 0.416 e. The van der Waals surface area contributed by atoms with Crippen molar-refractivity contribution in [3.63, 3.8) is 0 Å². The molecule has 3 aromatic carbocycles. The molecule has 3 aromatic rings. The molecule has 190 valence electrons. The zero-order valence-corrected chi connectivity index (χ0v) is 20.1. The Bertz CT molecular complexity index is 1280. The molecule has 8 heteroatoms. The fraction of sp³-hybridized carbons (Fsp3) is 0.357. The predicted octanol–water partition coefficient (Wildman–Crippen LogP) is 6.51. The van der Waals surface area contributed by atoms with E-state index in [0.717, 1.165) is 35.9 Å². The second-order valence-corrected chi connectivity index (χ2v) is 9.76. The standard InChI is InChI=1S/C28H28F3NO4/c1-17-5-8-19-9-12-21(25(33)32-24(26(34)35)27(2)13-3-4-14-27)23(22(19)15-17)36-16-18-6-10-20(11-7-18)28(29,30)31/h5-12,15,24H,3-4,13-14,16H2,1-2H3,(H,32,33)(H,34,35)/t24-/m1/s1. The van der Waals surface area contributed by atoms with E-state index < -0.39 is 35.1 Å². The first-order valence-electron chi connectivity index (χ1n) is 11.8. The minimum Gasteiger partial charge on any atom is -0.487 e. The lowest BCUT2D eigenvalue weighted by molar-refractivity contribution is -0.142. The molecule has 1 atom stereocenters. The highest BCUT2D eigenvalue weighted by atomic mass is 19.4.